The van der Waals surface area contributed by atoms with Crippen LogP contribution in [0.25, 0.3) is 0 Å². The Labute approximate surface area is 101 Å². The Morgan fingerprint density at radius 3 is 1.53 bits per heavy atom. The van der Waals surface area contributed by atoms with Gasteiger partial charge in [0.1, 0.15) is 6.79 Å². The molecule has 0 atom stereocenters. The van der Waals surface area contributed by atoms with Gasteiger partial charge >= 0.3 is 0 Å². The van der Waals surface area contributed by atoms with Crippen molar-refractivity contribution in [2.45, 2.75) is 0 Å². The number of alkyl halides is 2. The van der Waals surface area contributed by atoms with Crippen LogP contribution in [0.3, 0.4) is 0 Å². The molecule has 0 amide bonds. The van der Waals surface area contributed by atoms with Crippen LogP contribution in [0.1, 0.15) is 0 Å². The van der Waals surface area contributed by atoms with E-state index in [2.05, 4.69) is 0 Å². The molecule has 0 saturated heterocycles. The molecule has 0 saturated carbocycles. The van der Waals surface area contributed by atoms with Crippen LogP contribution in [0.2, 0.25) is 0 Å². The zero-order valence-corrected chi connectivity index (χ0v) is 10.3. The van der Waals surface area contributed by atoms with Crippen molar-refractivity contribution in [1.82, 2.24) is 0 Å². The van der Waals surface area contributed by atoms with E-state index in [1.54, 1.807) is 0 Å². The van der Waals surface area contributed by atoms with E-state index in [4.69, 9.17) is 42.1 Å². The molecular weight excluding hydrogens is 243 g/mol. The van der Waals surface area contributed by atoms with Crippen LogP contribution >= 0.6 is 23.2 Å². The van der Waals surface area contributed by atoms with Crippen LogP contribution in [-0.2, 0) is 18.9 Å². The van der Waals surface area contributed by atoms with Crippen molar-refractivity contribution in [1.29, 1.82) is 0 Å². The third-order valence-corrected chi connectivity index (χ3v) is 1.66. The quantitative estimate of drug-likeness (QED) is 0.303. The Hall–Kier alpha value is 0.420. The molecule has 0 heterocycles. The molecule has 6 heteroatoms. The van der Waals surface area contributed by atoms with Gasteiger partial charge in [-0.3, -0.25) is 0 Å². The second-order valence-corrected chi connectivity index (χ2v) is 3.29. The number of hydrogen-bond acceptors (Lipinski definition) is 4. The lowest BCUT2D eigenvalue weighted by molar-refractivity contribution is -0.0682. The second-order valence-electron chi connectivity index (χ2n) is 2.54. The molecule has 0 aliphatic heterocycles. The molecule has 0 aliphatic rings. The van der Waals surface area contributed by atoms with E-state index in [1.807, 2.05) is 0 Å². The molecule has 0 aromatic heterocycles. The minimum atomic E-state index is 0.263. The second kappa shape index (κ2) is 14.4. The number of ether oxygens (including phenoxy) is 4. The molecule has 15 heavy (non-hydrogen) atoms. The summed E-state index contributed by atoms with van der Waals surface area (Å²) in [6.45, 7) is 3.51. The maximum Gasteiger partial charge on any atom is 0.146 e. The maximum absolute atomic E-state index is 5.42. The van der Waals surface area contributed by atoms with Gasteiger partial charge in [-0.25, -0.2) is 0 Å². The van der Waals surface area contributed by atoms with E-state index in [0.717, 1.165) is 0 Å². The van der Waals surface area contributed by atoms with Gasteiger partial charge in [0.25, 0.3) is 0 Å². The molecule has 0 spiro atoms. The molecule has 0 radical (unpaired) electrons. The summed E-state index contributed by atoms with van der Waals surface area (Å²) in [4.78, 5) is 0. The van der Waals surface area contributed by atoms with E-state index >= 15 is 0 Å². The standard InChI is InChI=1S/C9H18Cl2O4/c10-1-3-12-5-6-13-7-8-15-9-14-4-2-11/h1-9H2. The highest BCUT2D eigenvalue weighted by molar-refractivity contribution is 6.18. The molecular formula is C9H18Cl2O4. The minimum absolute atomic E-state index is 0.263. The summed E-state index contributed by atoms with van der Waals surface area (Å²) in [6.07, 6.45) is 0. The Morgan fingerprint density at radius 1 is 0.533 bits per heavy atom. The third-order valence-electron chi connectivity index (χ3n) is 1.35. The first-order valence-corrected chi connectivity index (χ1v) is 5.91. The van der Waals surface area contributed by atoms with Crippen molar-refractivity contribution in [3.05, 3.63) is 0 Å². The van der Waals surface area contributed by atoms with E-state index < -0.39 is 0 Å². The Bertz CT molecular complexity index is 104. The van der Waals surface area contributed by atoms with E-state index in [9.17, 15) is 0 Å². The fraction of sp³-hybridized carbons (Fsp3) is 1.00. The van der Waals surface area contributed by atoms with Crippen molar-refractivity contribution in [2.75, 3.05) is 58.2 Å². The largest absolute Gasteiger partial charge is 0.378 e. The summed E-state index contributed by atoms with van der Waals surface area (Å²) in [5.74, 6) is 0.999. The first kappa shape index (κ1) is 15.4. The van der Waals surface area contributed by atoms with Crippen molar-refractivity contribution in [2.24, 2.45) is 0 Å². The summed E-state index contributed by atoms with van der Waals surface area (Å²) in [7, 11) is 0. The number of hydrogen-bond donors (Lipinski definition) is 0. The number of halogens is 2. The molecule has 0 bridgehead atoms. The molecule has 0 aromatic carbocycles. The average molecular weight is 261 g/mol. The minimum Gasteiger partial charge on any atom is -0.378 e. The maximum atomic E-state index is 5.42. The van der Waals surface area contributed by atoms with E-state index in [-0.39, 0.29) is 6.79 Å². The molecule has 0 fully saturated rings. The van der Waals surface area contributed by atoms with Crippen LogP contribution < -0.4 is 0 Å². The van der Waals surface area contributed by atoms with Crippen molar-refractivity contribution >= 4 is 23.2 Å². The fourth-order valence-corrected chi connectivity index (χ4v) is 0.944. The van der Waals surface area contributed by atoms with Gasteiger partial charge in [0.05, 0.1) is 39.6 Å². The van der Waals surface area contributed by atoms with Crippen molar-refractivity contribution in [3.8, 4) is 0 Å². The van der Waals surface area contributed by atoms with Gasteiger partial charge in [0.2, 0.25) is 0 Å². The van der Waals surface area contributed by atoms with Crippen LogP contribution in [0, 0.1) is 0 Å². The summed E-state index contributed by atoms with van der Waals surface area (Å²) in [5.41, 5.74) is 0. The smallest absolute Gasteiger partial charge is 0.146 e. The monoisotopic (exact) mass is 260 g/mol. The van der Waals surface area contributed by atoms with Gasteiger partial charge in [0, 0.05) is 11.8 Å². The van der Waals surface area contributed by atoms with Gasteiger partial charge < -0.3 is 18.9 Å². The first-order chi connectivity index (χ1) is 7.41. The first-order valence-electron chi connectivity index (χ1n) is 4.84. The molecule has 0 N–H and O–H groups in total. The van der Waals surface area contributed by atoms with E-state index in [1.165, 1.54) is 0 Å². The normalized spacial score (nSPS) is 10.8. The van der Waals surface area contributed by atoms with Crippen LogP contribution in [0.4, 0.5) is 0 Å². The molecule has 0 aliphatic carbocycles. The highest BCUT2D eigenvalue weighted by atomic mass is 35.5. The zero-order valence-electron chi connectivity index (χ0n) is 8.75. The van der Waals surface area contributed by atoms with Crippen molar-refractivity contribution in [3.63, 3.8) is 0 Å². The lowest BCUT2D eigenvalue weighted by Gasteiger charge is -2.06. The van der Waals surface area contributed by atoms with Crippen molar-refractivity contribution < 1.29 is 18.9 Å². The van der Waals surface area contributed by atoms with Gasteiger partial charge in [-0.2, -0.15) is 0 Å². The highest BCUT2D eigenvalue weighted by Gasteiger charge is 1.91. The fourth-order valence-electron chi connectivity index (χ4n) is 0.726. The van der Waals surface area contributed by atoms with Gasteiger partial charge in [-0.05, 0) is 0 Å². The topological polar surface area (TPSA) is 36.9 Å². The molecule has 0 aromatic rings. The predicted molar refractivity (Wildman–Crippen MR) is 59.8 cm³/mol. The van der Waals surface area contributed by atoms with Gasteiger partial charge in [-0.15, -0.1) is 23.2 Å². The summed E-state index contributed by atoms with van der Waals surface area (Å²) in [6, 6.07) is 0. The average Bonchev–Trinajstić information content (AvgIpc) is 2.26. The SMILES string of the molecule is ClCCOCCOCCOCOCCCl. The predicted octanol–water partition coefficient (Wildman–Crippen LogP) is 1.49. The van der Waals surface area contributed by atoms with Crippen LogP contribution in [0.15, 0.2) is 0 Å². The Balaban J connectivity index is 2.81. The highest BCUT2D eigenvalue weighted by Crippen LogP contribution is 1.84. The molecule has 4 nitrogen and oxygen atoms in total. The number of rotatable bonds is 12. The molecule has 0 rings (SSSR count). The summed E-state index contributed by atoms with van der Waals surface area (Å²) >= 11 is 10.8. The summed E-state index contributed by atoms with van der Waals surface area (Å²) < 4.78 is 20.4. The lowest BCUT2D eigenvalue weighted by atomic mass is 10.7. The molecule has 92 valence electrons. The summed E-state index contributed by atoms with van der Waals surface area (Å²) in [5, 5.41) is 0. The zero-order chi connectivity index (χ0) is 11.2. The Morgan fingerprint density at radius 2 is 0.933 bits per heavy atom. The Kier molecular flexibility index (Phi) is 14.8. The van der Waals surface area contributed by atoms with Gasteiger partial charge in [0.15, 0.2) is 0 Å². The molecule has 0 unspecified atom stereocenters. The van der Waals surface area contributed by atoms with E-state index in [0.29, 0.717) is 51.4 Å². The third kappa shape index (κ3) is 14.4. The van der Waals surface area contributed by atoms with Crippen LogP contribution in [-0.4, -0.2) is 58.2 Å². The van der Waals surface area contributed by atoms with Crippen LogP contribution in [0.5, 0.6) is 0 Å². The van der Waals surface area contributed by atoms with Gasteiger partial charge in [-0.1, -0.05) is 0 Å². The lowest BCUT2D eigenvalue weighted by Crippen LogP contribution is -2.11.